The van der Waals surface area contributed by atoms with E-state index in [1.54, 1.807) is 18.6 Å². The van der Waals surface area contributed by atoms with Crippen LogP contribution in [0.2, 0.25) is 0 Å². The summed E-state index contributed by atoms with van der Waals surface area (Å²) in [6.45, 7) is 2.46. The number of nitrogens with zero attached hydrogens (tertiary/aromatic N) is 2. The van der Waals surface area contributed by atoms with Crippen molar-refractivity contribution < 1.29 is 9.90 Å². The summed E-state index contributed by atoms with van der Waals surface area (Å²) in [7, 11) is 0. The molecule has 2 rings (SSSR count). The zero-order valence-corrected chi connectivity index (χ0v) is 11.8. The second-order valence-corrected chi connectivity index (χ2v) is 4.93. The van der Waals surface area contributed by atoms with Gasteiger partial charge in [0.2, 0.25) is 0 Å². The van der Waals surface area contributed by atoms with Crippen LogP contribution in [-0.4, -0.2) is 21.0 Å². The minimum absolute atomic E-state index is 0.135. The summed E-state index contributed by atoms with van der Waals surface area (Å²) in [5.74, 6) is -0.668. The first-order valence-electron chi connectivity index (χ1n) is 5.60. The molecule has 0 aliphatic rings. The Morgan fingerprint density at radius 3 is 2.95 bits per heavy atom. The molecule has 0 saturated heterocycles. The van der Waals surface area contributed by atoms with E-state index in [9.17, 15) is 4.79 Å². The maximum absolute atomic E-state index is 11.1. The highest BCUT2D eigenvalue weighted by Crippen LogP contribution is 2.19. The number of hydrogen-bond donors (Lipinski definition) is 2. The number of anilines is 1. The molecule has 2 heterocycles. The summed E-state index contributed by atoms with van der Waals surface area (Å²) < 4.78 is 0.632. The van der Waals surface area contributed by atoms with Gasteiger partial charge in [-0.05, 0) is 46.1 Å². The molecule has 98 valence electrons. The third-order valence-electron chi connectivity index (χ3n) is 2.68. The van der Waals surface area contributed by atoms with Gasteiger partial charge in [0.25, 0.3) is 0 Å². The maximum atomic E-state index is 11.1. The van der Waals surface area contributed by atoms with Crippen molar-refractivity contribution in [3.8, 4) is 0 Å². The molecule has 0 aliphatic heterocycles. The highest BCUT2D eigenvalue weighted by Gasteiger charge is 2.12. The van der Waals surface area contributed by atoms with Gasteiger partial charge in [0.05, 0.1) is 0 Å². The van der Waals surface area contributed by atoms with Gasteiger partial charge in [-0.1, -0.05) is 0 Å². The lowest BCUT2D eigenvalue weighted by Gasteiger charge is -2.10. The monoisotopic (exact) mass is 321 g/mol. The van der Waals surface area contributed by atoms with Crippen LogP contribution in [0.1, 0.15) is 21.5 Å². The molecule has 2 aromatic heterocycles. The normalized spacial score (nSPS) is 10.2. The zero-order valence-electron chi connectivity index (χ0n) is 10.2. The molecule has 2 N–H and O–H groups in total. The smallest absolute Gasteiger partial charge is 0.339 e. The summed E-state index contributed by atoms with van der Waals surface area (Å²) in [6, 6.07) is 3.43. The largest absolute Gasteiger partial charge is 0.478 e. The number of carbonyl (C=O) groups is 1. The van der Waals surface area contributed by atoms with Crippen LogP contribution in [0.4, 0.5) is 5.82 Å². The second-order valence-electron chi connectivity index (χ2n) is 4.01. The average molecular weight is 322 g/mol. The van der Waals surface area contributed by atoms with E-state index in [1.807, 2.05) is 13.0 Å². The lowest BCUT2D eigenvalue weighted by Crippen LogP contribution is -2.09. The van der Waals surface area contributed by atoms with E-state index >= 15 is 0 Å². The Morgan fingerprint density at radius 2 is 2.26 bits per heavy atom. The van der Waals surface area contributed by atoms with Crippen molar-refractivity contribution in [3.05, 3.63) is 51.9 Å². The van der Waals surface area contributed by atoms with Gasteiger partial charge in [0.1, 0.15) is 11.4 Å². The van der Waals surface area contributed by atoms with E-state index in [2.05, 4.69) is 31.2 Å². The van der Waals surface area contributed by atoms with Crippen LogP contribution in [0.15, 0.2) is 35.2 Å². The van der Waals surface area contributed by atoms with Crippen LogP contribution in [-0.2, 0) is 6.54 Å². The van der Waals surface area contributed by atoms with E-state index in [0.717, 1.165) is 11.1 Å². The summed E-state index contributed by atoms with van der Waals surface area (Å²) in [4.78, 5) is 19.3. The van der Waals surface area contributed by atoms with Gasteiger partial charge in [0.15, 0.2) is 0 Å². The Balaban J connectivity index is 2.20. The molecule has 5 nitrogen and oxygen atoms in total. The first-order valence-corrected chi connectivity index (χ1v) is 6.39. The third-order valence-corrected chi connectivity index (χ3v) is 3.11. The molecule has 0 spiro atoms. The molecule has 0 unspecified atom stereocenters. The van der Waals surface area contributed by atoms with E-state index in [4.69, 9.17) is 5.11 Å². The number of pyridine rings is 2. The number of halogens is 1. The lowest BCUT2D eigenvalue weighted by atomic mass is 10.1. The van der Waals surface area contributed by atoms with Crippen LogP contribution < -0.4 is 5.32 Å². The number of hydrogen-bond acceptors (Lipinski definition) is 4. The van der Waals surface area contributed by atoms with Gasteiger partial charge in [-0.3, -0.25) is 4.98 Å². The van der Waals surface area contributed by atoms with Gasteiger partial charge < -0.3 is 10.4 Å². The molecule has 6 heteroatoms. The Hall–Kier alpha value is -1.95. The van der Waals surface area contributed by atoms with Crippen molar-refractivity contribution >= 4 is 27.7 Å². The molecule has 0 atom stereocenters. The van der Waals surface area contributed by atoms with Crippen molar-refractivity contribution in [2.75, 3.05) is 5.32 Å². The fraction of sp³-hybridized carbons (Fsp3) is 0.154. The van der Waals surface area contributed by atoms with Gasteiger partial charge in [-0.25, -0.2) is 9.78 Å². The summed E-state index contributed by atoms with van der Waals surface area (Å²) in [6.07, 6.45) is 5.03. The molecule has 0 fully saturated rings. The minimum Gasteiger partial charge on any atom is -0.478 e. The first-order chi connectivity index (χ1) is 9.08. The number of aromatic carboxylic acids is 1. The number of nitrogens with one attached hydrogen (secondary N) is 1. The minimum atomic E-state index is -1.01. The van der Waals surface area contributed by atoms with Crippen LogP contribution >= 0.6 is 15.9 Å². The highest BCUT2D eigenvalue weighted by atomic mass is 79.9. The van der Waals surface area contributed by atoms with E-state index in [-0.39, 0.29) is 5.56 Å². The van der Waals surface area contributed by atoms with Crippen LogP contribution in [0.3, 0.4) is 0 Å². The third kappa shape index (κ3) is 3.29. The van der Waals surface area contributed by atoms with E-state index in [1.165, 1.54) is 6.07 Å². The Morgan fingerprint density at radius 1 is 1.47 bits per heavy atom. The fourth-order valence-corrected chi connectivity index (χ4v) is 1.94. The topological polar surface area (TPSA) is 75.1 Å². The Labute approximate surface area is 118 Å². The molecular weight excluding hydrogens is 310 g/mol. The SMILES string of the molecule is Cc1ccncc1CNc1ncc(Br)cc1C(=O)O. The zero-order chi connectivity index (χ0) is 13.8. The van der Waals surface area contributed by atoms with Crippen molar-refractivity contribution in [1.29, 1.82) is 0 Å². The van der Waals surface area contributed by atoms with Gasteiger partial charge >= 0.3 is 5.97 Å². The molecule has 0 aromatic carbocycles. The van der Waals surface area contributed by atoms with Gasteiger partial charge in [-0.15, -0.1) is 0 Å². The van der Waals surface area contributed by atoms with Crippen molar-refractivity contribution in [2.24, 2.45) is 0 Å². The molecule has 0 radical (unpaired) electrons. The molecule has 0 saturated carbocycles. The highest BCUT2D eigenvalue weighted by molar-refractivity contribution is 9.10. The quantitative estimate of drug-likeness (QED) is 0.905. The first kappa shape index (κ1) is 13.5. The van der Waals surface area contributed by atoms with Gasteiger partial charge in [0, 0.05) is 29.6 Å². The van der Waals surface area contributed by atoms with E-state index in [0.29, 0.717) is 16.8 Å². The van der Waals surface area contributed by atoms with Crippen molar-refractivity contribution in [2.45, 2.75) is 13.5 Å². The lowest BCUT2D eigenvalue weighted by molar-refractivity contribution is 0.0697. The fourth-order valence-electron chi connectivity index (χ4n) is 1.60. The standard InChI is InChI=1S/C13H12BrN3O2/c1-8-2-3-15-5-9(8)6-16-12-11(13(18)19)4-10(14)7-17-12/h2-5,7H,6H2,1H3,(H,16,17)(H,18,19). The van der Waals surface area contributed by atoms with Crippen LogP contribution in [0, 0.1) is 6.92 Å². The second kappa shape index (κ2) is 5.79. The molecule has 19 heavy (non-hydrogen) atoms. The van der Waals surface area contributed by atoms with Crippen molar-refractivity contribution in [3.63, 3.8) is 0 Å². The van der Waals surface area contributed by atoms with Gasteiger partial charge in [-0.2, -0.15) is 0 Å². The number of aromatic nitrogens is 2. The molecule has 0 bridgehead atoms. The van der Waals surface area contributed by atoms with Crippen molar-refractivity contribution in [1.82, 2.24) is 9.97 Å². The number of carboxylic acids is 1. The average Bonchev–Trinajstić information content (AvgIpc) is 2.38. The molecular formula is C13H12BrN3O2. The maximum Gasteiger partial charge on any atom is 0.339 e. The number of rotatable bonds is 4. The summed E-state index contributed by atoms with van der Waals surface area (Å²) in [5, 5.41) is 12.2. The Kier molecular flexibility index (Phi) is 4.11. The molecule has 0 aliphatic carbocycles. The number of aryl methyl sites for hydroxylation is 1. The Bertz CT molecular complexity index is 617. The molecule has 2 aromatic rings. The summed E-state index contributed by atoms with van der Waals surface area (Å²) >= 11 is 3.21. The predicted octanol–water partition coefficient (Wildman–Crippen LogP) is 2.86. The molecule has 0 amide bonds. The van der Waals surface area contributed by atoms with Crippen LogP contribution in [0.5, 0.6) is 0 Å². The predicted molar refractivity (Wildman–Crippen MR) is 75.2 cm³/mol. The van der Waals surface area contributed by atoms with E-state index < -0.39 is 5.97 Å². The van der Waals surface area contributed by atoms with Crippen LogP contribution in [0.25, 0.3) is 0 Å². The number of carboxylic acid groups (broad SMARTS) is 1. The summed E-state index contributed by atoms with van der Waals surface area (Å²) in [5.41, 5.74) is 2.23.